The van der Waals surface area contributed by atoms with E-state index >= 15 is 0 Å². The number of carbonyl (C=O) groups excluding carboxylic acids is 2. The molecule has 5 rings (SSSR count). The van der Waals surface area contributed by atoms with Crippen molar-refractivity contribution in [2.45, 2.75) is 56.5 Å². The van der Waals surface area contributed by atoms with E-state index < -0.39 is 0 Å². The number of carbonyl (C=O) groups is 2. The molecule has 5 aliphatic rings. The van der Waals surface area contributed by atoms with Crippen LogP contribution in [-0.4, -0.2) is 37.2 Å². The van der Waals surface area contributed by atoms with Gasteiger partial charge < -0.3 is 21.1 Å². The predicted octanol–water partition coefficient (Wildman–Crippen LogP) is 1.14. The summed E-state index contributed by atoms with van der Waals surface area (Å²) in [5.41, 5.74) is 5.29. The third-order valence-electron chi connectivity index (χ3n) is 6.81. The molecule has 4 bridgehead atoms. The molecule has 0 heterocycles. The Morgan fingerprint density at radius 2 is 1.83 bits per heavy atom. The van der Waals surface area contributed by atoms with E-state index in [9.17, 15) is 9.59 Å². The Hall–Kier alpha value is -1.30. The summed E-state index contributed by atoms with van der Waals surface area (Å²) >= 11 is 0. The van der Waals surface area contributed by atoms with Crippen LogP contribution in [0.1, 0.15) is 44.9 Å². The van der Waals surface area contributed by atoms with Gasteiger partial charge in [0.25, 0.3) is 0 Å². The van der Waals surface area contributed by atoms with Gasteiger partial charge in [-0.05, 0) is 62.7 Å². The van der Waals surface area contributed by atoms with E-state index in [-0.39, 0.29) is 29.0 Å². The molecular weight excluding hydrogens is 294 g/mol. The van der Waals surface area contributed by atoms with Crippen molar-refractivity contribution >= 4 is 12.0 Å². The highest BCUT2D eigenvalue weighted by Gasteiger charge is 2.59. The van der Waals surface area contributed by atoms with Gasteiger partial charge in [0.15, 0.2) is 0 Å². The van der Waals surface area contributed by atoms with Crippen LogP contribution in [0.3, 0.4) is 0 Å². The number of rotatable bonds is 4. The smallest absolute Gasteiger partial charge is 0.315 e. The molecule has 0 radical (unpaired) electrons. The maximum atomic E-state index is 12.4. The van der Waals surface area contributed by atoms with E-state index in [0.29, 0.717) is 24.3 Å². The second-order valence-electron chi connectivity index (χ2n) is 8.35. The average molecular weight is 321 g/mol. The van der Waals surface area contributed by atoms with Crippen molar-refractivity contribution in [2.75, 3.05) is 13.7 Å². The van der Waals surface area contributed by atoms with Gasteiger partial charge in [-0.2, -0.15) is 0 Å². The molecule has 5 saturated carbocycles. The summed E-state index contributed by atoms with van der Waals surface area (Å²) in [5, 5.41) is 6.26. The SMILES string of the molecule is COC(=O)C12CC3CC(C1)C(NC(=O)NC1(CN)CC1)C(C3)C2. The topological polar surface area (TPSA) is 93.4 Å². The Balaban J connectivity index is 1.44. The van der Waals surface area contributed by atoms with Crippen LogP contribution in [0, 0.1) is 23.2 Å². The molecule has 23 heavy (non-hydrogen) atoms. The fourth-order valence-electron chi connectivity index (χ4n) is 5.69. The van der Waals surface area contributed by atoms with Crippen molar-refractivity contribution in [2.24, 2.45) is 28.9 Å². The van der Waals surface area contributed by atoms with Crippen molar-refractivity contribution in [3.05, 3.63) is 0 Å². The molecule has 4 N–H and O–H groups in total. The molecule has 5 fully saturated rings. The summed E-state index contributed by atoms with van der Waals surface area (Å²) in [6.45, 7) is 0.505. The lowest BCUT2D eigenvalue weighted by atomic mass is 9.48. The average Bonchev–Trinajstić information content (AvgIpc) is 3.29. The molecule has 0 aromatic heterocycles. The molecule has 6 nitrogen and oxygen atoms in total. The van der Waals surface area contributed by atoms with Crippen LogP contribution in [0.4, 0.5) is 4.79 Å². The van der Waals surface area contributed by atoms with Crippen LogP contribution in [-0.2, 0) is 9.53 Å². The molecule has 2 unspecified atom stereocenters. The minimum Gasteiger partial charge on any atom is -0.469 e. The van der Waals surface area contributed by atoms with Crippen molar-refractivity contribution in [1.29, 1.82) is 0 Å². The minimum atomic E-state index is -0.283. The molecule has 2 amide bonds. The van der Waals surface area contributed by atoms with Gasteiger partial charge in [0, 0.05) is 12.6 Å². The fourth-order valence-corrected chi connectivity index (χ4v) is 5.69. The number of ether oxygens (including phenoxy) is 1. The highest BCUT2D eigenvalue weighted by molar-refractivity contribution is 5.78. The summed E-state index contributed by atoms with van der Waals surface area (Å²) in [7, 11) is 1.49. The number of hydrogen-bond acceptors (Lipinski definition) is 4. The zero-order valence-corrected chi connectivity index (χ0v) is 13.8. The first-order chi connectivity index (χ1) is 11.0. The maximum Gasteiger partial charge on any atom is 0.315 e. The highest BCUT2D eigenvalue weighted by Crippen LogP contribution is 2.60. The Morgan fingerprint density at radius 3 is 2.35 bits per heavy atom. The quantitative estimate of drug-likeness (QED) is 0.677. The van der Waals surface area contributed by atoms with Crippen molar-refractivity contribution in [3.8, 4) is 0 Å². The van der Waals surface area contributed by atoms with Crippen LogP contribution >= 0.6 is 0 Å². The number of urea groups is 1. The Kier molecular flexibility index (Phi) is 3.38. The third kappa shape index (κ3) is 2.42. The zero-order chi connectivity index (χ0) is 16.2. The van der Waals surface area contributed by atoms with Crippen molar-refractivity contribution in [3.63, 3.8) is 0 Å². The molecule has 5 aliphatic carbocycles. The van der Waals surface area contributed by atoms with Crippen LogP contribution in [0.2, 0.25) is 0 Å². The zero-order valence-electron chi connectivity index (χ0n) is 13.8. The number of nitrogens with one attached hydrogen (secondary N) is 2. The molecule has 0 aromatic carbocycles. The van der Waals surface area contributed by atoms with Crippen LogP contribution < -0.4 is 16.4 Å². The van der Waals surface area contributed by atoms with Gasteiger partial charge in [0.1, 0.15) is 0 Å². The number of hydrogen-bond donors (Lipinski definition) is 3. The standard InChI is InChI=1S/C17H27N3O3/c1-23-14(21)16-6-10-4-11(7-16)13(12(5-10)8-16)19-15(22)20-17(9-18)2-3-17/h10-13H,2-9,18H2,1H3,(H2,19,20,22). The van der Waals surface area contributed by atoms with E-state index in [2.05, 4.69) is 10.6 Å². The van der Waals surface area contributed by atoms with E-state index in [1.807, 2.05) is 0 Å². The molecule has 6 heteroatoms. The molecular formula is C17H27N3O3. The number of nitrogens with two attached hydrogens (primary N) is 1. The Labute approximate surface area is 136 Å². The fraction of sp³-hybridized carbons (Fsp3) is 0.882. The minimum absolute atomic E-state index is 0.0418. The largest absolute Gasteiger partial charge is 0.469 e. The highest BCUT2D eigenvalue weighted by atomic mass is 16.5. The first-order valence-electron chi connectivity index (χ1n) is 8.86. The second kappa shape index (κ2) is 5.10. The summed E-state index contributed by atoms with van der Waals surface area (Å²) in [6.07, 6.45) is 6.90. The summed E-state index contributed by atoms with van der Waals surface area (Å²) in [6, 6.07) is 0.107. The van der Waals surface area contributed by atoms with Crippen molar-refractivity contribution < 1.29 is 14.3 Å². The Bertz CT molecular complexity index is 515. The maximum absolute atomic E-state index is 12.4. The van der Waals surface area contributed by atoms with Gasteiger partial charge in [-0.15, -0.1) is 0 Å². The normalized spacial score (nSPS) is 42.2. The molecule has 0 aliphatic heterocycles. The first-order valence-corrected chi connectivity index (χ1v) is 8.86. The second-order valence-corrected chi connectivity index (χ2v) is 8.35. The summed E-state index contributed by atoms with van der Waals surface area (Å²) in [4.78, 5) is 24.6. The number of amides is 2. The molecule has 0 aromatic rings. The van der Waals surface area contributed by atoms with Gasteiger partial charge in [-0.25, -0.2) is 4.79 Å². The van der Waals surface area contributed by atoms with E-state index in [1.165, 1.54) is 7.11 Å². The predicted molar refractivity (Wildman–Crippen MR) is 84.5 cm³/mol. The van der Waals surface area contributed by atoms with Gasteiger partial charge in [-0.3, -0.25) is 4.79 Å². The van der Waals surface area contributed by atoms with Crippen LogP contribution in [0.15, 0.2) is 0 Å². The lowest BCUT2D eigenvalue weighted by molar-refractivity contribution is -0.170. The Morgan fingerprint density at radius 1 is 1.17 bits per heavy atom. The summed E-state index contributed by atoms with van der Waals surface area (Å²) < 4.78 is 5.09. The van der Waals surface area contributed by atoms with Crippen LogP contribution in [0.25, 0.3) is 0 Å². The van der Waals surface area contributed by atoms with E-state index in [1.54, 1.807) is 0 Å². The third-order valence-corrected chi connectivity index (χ3v) is 6.81. The van der Waals surface area contributed by atoms with Gasteiger partial charge in [0.05, 0.1) is 18.1 Å². The first kappa shape index (κ1) is 15.2. The lowest BCUT2D eigenvalue weighted by Crippen LogP contribution is -2.63. The van der Waals surface area contributed by atoms with Gasteiger partial charge >= 0.3 is 12.0 Å². The van der Waals surface area contributed by atoms with E-state index in [4.69, 9.17) is 10.5 Å². The van der Waals surface area contributed by atoms with Gasteiger partial charge in [0.2, 0.25) is 0 Å². The van der Waals surface area contributed by atoms with Crippen LogP contribution in [0.5, 0.6) is 0 Å². The molecule has 2 atom stereocenters. The molecule has 0 spiro atoms. The van der Waals surface area contributed by atoms with E-state index in [0.717, 1.165) is 44.9 Å². The van der Waals surface area contributed by atoms with Gasteiger partial charge in [-0.1, -0.05) is 0 Å². The summed E-state index contributed by atoms with van der Waals surface area (Å²) in [5.74, 6) is 1.38. The monoisotopic (exact) mass is 321 g/mol. The molecule has 128 valence electrons. The lowest BCUT2D eigenvalue weighted by Gasteiger charge is -2.58. The number of esters is 1. The van der Waals surface area contributed by atoms with Crippen molar-refractivity contribution in [1.82, 2.24) is 10.6 Å². The molecule has 0 saturated heterocycles. The number of methoxy groups -OCH3 is 1.